The molecule has 1 saturated carbocycles. The first kappa shape index (κ1) is 16.3. The largest absolute Gasteiger partial charge is 0.373 e. The van der Waals surface area contributed by atoms with Gasteiger partial charge in [-0.3, -0.25) is 4.90 Å². The Morgan fingerprint density at radius 3 is 2.40 bits per heavy atom. The van der Waals surface area contributed by atoms with E-state index in [4.69, 9.17) is 4.74 Å². The molecule has 20 heavy (non-hydrogen) atoms. The van der Waals surface area contributed by atoms with Crippen molar-refractivity contribution >= 4 is 0 Å². The summed E-state index contributed by atoms with van der Waals surface area (Å²) in [7, 11) is 0. The number of morpholine rings is 1. The molecular formula is C17H34N2O. The van der Waals surface area contributed by atoms with Crippen molar-refractivity contribution in [1.82, 2.24) is 10.2 Å². The molecule has 0 bridgehead atoms. The predicted molar refractivity (Wildman–Crippen MR) is 85.1 cm³/mol. The molecule has 3 heteroatoms. The molecule has 0 spiro atoms. The quantitative estimate of drug-likeness (QED) is 0.784. The van der Waals surface area contributed by atoms with Gasteiger partial charge in [0.25, 0.3) is 0 Å². The summed E-state index contributed by atoms with van der Waals surface area (Å²) in [4.78, 5) is 2.66. The summed E-state index contributed by atoms with van der Waals surface area (Å²) in [6.07, 6.45) is 8.50. The summed E-state index contributed by atoms with van der Waals surface area (Å²) < 4.78 is 5.87. The predicted octanol–water partition coefficient (Wildman–Crippen LogP) is 3.05. The Bertz CT molecular complexity index is 283. The van der Waals surface area contributed by atoms with Gasteiger partial charge in [-0.2, -0.15) is 0 Å². The van der Waals surface area contributed by atoms with Crippen molar-refractivity contribution in [3.63, 3.8) is 0 Å². The fourth-order valence-electron chi connectivity index (χ4n) is 3.98. The maximum Gasteiger partial charge on any atom is 0.0753 e. The highest BCUT2D eigenvalue weighted by molar-refractivity contribution is 4.89. The number of nitrogens with zero attached hydrogens (tertiary/aromatic N) is 1. The lowest BCUT2D eigenvalue weighted by Crippen LogP contribution is -2.53. The molecular weight excluding hydrogens is 248 g/mol. The Hall–Kier alpha value is -0.120. The molecule has 0 aromatic carbocycles. The fourth-order valence-corrected chi connectivity index (χ4v) is 3.98. The van der Waals surface area contributed by atoms with Crippen LogP contribution in [0.4, 0.5) is 0 Å². The molecule has 0 unspecified atom stereocenters. The Labute approximate surface area is 125 Å². The number of ether oxygens (including phenoxy) is 1. The van der Waals surface area contributed by atoms with Crippen molar-refractivity contribution in [3.8, 4) is 0 Å². The zero-order valence-electron chi connectivity index (χ0n) is 13.8. The Balaban J connectivity index is 1.98. The highest BCUT2D eigenvalue weighted by Gasteiger charge is 2.35. The van der Waals surface area contributed by atoms with E-state index in [-0.39, 0.29) is 5.60 Å². The van der Waals surface area contributed by atoms with Gasteiger partial charge in [0.15, 0.2) is 0 Å². The lowest BCUT2D eigenvalue weighted by atomic mass is 9.79. The van der Waals surface area contributed by atoms with Gasteiger partial charge in [0, 0.05) is 26.2 Å². The van der Waals surface area contributed by atoms with Gasteiger partial charge in [0.2, 0.25) is 0 Å². The SMILES string of the molecule is CCNCC1(CN2CCOC(C)(C)C2)CCCCCC1. The normalized spacial score (nSPS) is 27.1. The summed E-state index contributed by atoms with van der Waals surface area (Å²) in [5, 5.41) is 3.64. The molecule has 2 rings (SSSR count). The topological polar surface area (TPSA) is 24.5 Å². The smallest absolute Gasteiger partial charge is 0.0753 e. The molecule has 1 saturated heterocycles. The summed E-state index contributed by atoms with van der Waals surface area (Å²) >= 11 is 0. The number of nitrogens with one attached hydrogen (secondary N) is 1. The first-order valence-electron chi connectivity index (χ1n) is 8.62. The van der Waals surface area contributed by atoms with E-state index in [0.29, 0.717) is 5.41 Å². The van der Waals surface area contributed by atoms with Crippen LogP contribution in [0.1, 0.15) is 59.3 Å². The van der Waals surface area contributed by atoms with Crippen LogP contribution < -0.4 is 5.32 Å². The second kappa shape index (κ2) is 7.24. The van der Waals surface area contributed by atoms with Crippen LogP contribution in [0.25, 0.3) is 0 Å². The lowest BCUT2D eigenvalue weighted by molar-refractivity contribution is -0.0952. The minimum atomic E-state index is 0.0301. The Kier molecular flexibility index (Phi) is 5.88. The highest BCUT2D eigenvalue weighted by Crippen LogP contribution is 2.36. The van der Waals surface area contributed by atoms with E-state index >= 15 is 0 Å². The minimum absolute atomic E-state index is 0.0301. The van der Waals surface area contributed by atoms with Gasteiger partial charge in [-0.25, -0.2) is 0 Å². The van der Waals surface area contributed by atoms with E-state index in [1.54, 1.807) is 0 Å². The highest BCUT2D eigenvalue weighted by atomic mass is 16.5. The van der Waals surface area contributed by atoms with Crippen molar-refractivity contribution in [2.45, 2.75) is 64.9 Å². The lowest BCUT2D eigenvalue weighted by Gasteiger charge is -2.44. The maximum absolute atomic E-state index is 5.87. The average molecular weight is 282 g/mol. The first-order valence-corrected chi connectivity index (χ1v) is 8.62. The summed E-state index contributed by atoms with van der Waals surface area (Å²) in [5.41, 5.74) is 0.530. The zero-order chi connectivity index (χ0) is 14.5. The third-order valence-corrected chi connectivity index (χ3v) is 4.98. The molecule has 1 heterocycles. The van der Waals surface area contributed by atoms with Gasteiger partial charge in [0.1, 0.15) is 0 Å². The van der Waals surface area contributed by atoms with E-state index in [0.717, 1.165) is 26.2 Å². The summed E-state index contributed by atoms with van der Waals surface area (Å²) in [6.45, 7) is 13.3. The van der Waals surface area contributed by atoms with Crippen molar-refractivity contribution in [3.05, 3.63) is 0 Å². The molecule has 2 aliphatic rings. The minimum Gasteiger partial charge on any atom is -0.373 e. The van der Waals surface area contributed by atoms with Crippen LogP contribution in [-0.4, -0.2) is 49.8 Å². The van der Waals surface area contributed by atoms with Crippen LogP contribution in [0.15, 0.2) is 0 Å². The van der Waals surface area contributed by atoms with Crippen molar-refractivity contribution < 1.29 is 4.74 Å². The van der Waals surface area contributed by atoms with Gasteiger partial charge in [-0.1, -0.05) is 32.6 Å². The van der Waals surface area contributed by atoms with Gasteiger partial charge in [0.05, 0.1) is 12.2 Å². The molecule has 0 atom stereocenters. The standard InChI is InChI=1S/C17H34N2O/c1-4-18-13-17(9-7-5-6-8-10-17)15-19-11-12-20-16(2,3)14-19/h18H,4-15H2,1-3H3. The molecule has 0 aromatic rings. The number of hydrogen-bond acceptors (Lipinski definition) is 3. The Morgan fingerprint density at radius 2 is 1.80 bits per heavy atom. The van der Waals surface area contributed by atoms with Crippen LogP contribution in [0.3, 0.4) is 0 Å². The van der Waals surface area contributed by atoms with E-state index < -0.39 is 0 Å². The van der Waals surface area contributed by atoms with Gasteiger partial charge in [-0.05, 0) is 38.6 Å². The third kappa shape index (κ3) is 4.71. The molecule has 1 aliphatic carbocycles. The van der Waals surface area contributed by atoms with E-state index in [9.17, 15) is 0 Å². The fraction of sp³-hybridized carbons (Fsp3) is 1.00. The van der Waals surface area contributed by atoms with Crippen LogP contribution in [0.5, 0.6) is 0 Å². The molecule has 0 aromatic heterocycles. The zero-order valence-corrected chi connectivity index (χ0v) is 13.8. The third-order valence-electron chi connectivity index (χ3n) is 4.98. The average Bonchev–Trinajstić information content (AvgIpc) is 2.61. The van der Waals surface area contributed by atoms with E-state index in [2.05, 4.69) is 31.0 Å². The maximum atomic E-state index is 5.87. The van der Waals surface area contributed by atoms with Crippen molar-refractivity contribution in [2.24, 2.45) is 5.41 Å². The van der Waals surface area contributed by atoms with Gasteiger partial charge < -0.3 is 10.1 Å². The van der Waals surface area contributed by atoms with Crippen molar-refractivity contribution in [1.29, 1.82) is 0 Å². The second-order valence-electron chi connectivity index (χ2n) is 7.51. The molecule has 118 valence electrons. The molecule has 1 N–H and O–H groups in total. The van der Waals surface area contributed by atoms with E-state index in [1.807, 2.05) is 0 Å². The monoisotopic (exact) mass is 282 g/mol. The summed E-state index contributed by atoms with van der Waals surface area (Å²) in [5.74, 6) is 0. The van der Waals surface area contributed by atoms with Crippen LogP contribution in [0, 0.1) is 5.41 Å². The van der Waals surface area contributed by atoms with Crippen LogP contribution >= 0.6 is 0 Å². The first-order chi connectivity index (χ1) is 9.55. The Morgan fingerprint density at radius 1 is 1.10 bits per heavy atom. The van der Waals surface area contributed by atoms with Gasteiger partial charge >= 0.3 is 0 Å². The second-order valence-corrected chi connectivity index (χ2v) is 7.51. The van der Waals surface area contributed by atoms with Crippen LogP contribution in [0.2, 0.25) is 0 Å². The molecule has 2 fully saturated rings. The molecule has 3 nitrogen and oxygen atoms in total. The van der Waals surface area contributed by atoms with Crippen LogP contribution in [-0.2, 0) is 4.74 Å². The molecule has 0 radical (unpaired) electrons. The van der Waals surface area contributed by atoms with Gasteiger partial charge in [-0.15, -0.1) is 0 Å². The van der Waals surface area contributed by atoms with Crippen molar-refractivity contribution in [2.75, 3.05) is 39.3 Å². The summed E-state index contributed by atoms with van der Waals surface area (Å²) in [6, 6.07) is 0. The molecule has 0 amide bonds. The number of rotatable bonds is 5. The molecule has 1 aliphatic heterocycles. The number of hydrogen-bond donors (Lipinski definition) is 1. The van der Waals surface area contributed by atoms with E-state index in [1.165, 1.54) is 51.6 Å².